The highest BCUT2D eigenvalue weighted by atomic mass is 16.2. The van der Waals surface area contributed by atoms with Gasteiger partial charge in [0.05, 0.1) is 0 Å². The number of carbonyl (C=O) groups excluding carboxylic acids is 2. The van der Waals surface area contributed by atoms with Crippen molar-refractivity contribution in [2.75, 3.05) is 0 Å². The molecule has 0 aliphatic heterocycles. The van der Waals surface area contributed by atoms with Crippen LogP contribution in [0.1, 0.15) is 49.5 Å². The van der Waals surface area contributed by atoms with Crippen molar-refractivity contribution in [3.05, 3.63) is 48.0 Å². The van der Waals surface area contributed by atoms with Gasteiger partial charge in [-0.3, -0.25) is 9.59 Å². The number of nitrogens with one attached hydrogen (secondary N) is 1. The van der Waals surface area contributed by atoms with Gasteiger partial charge in [-0.25, -0.2) is 0 Å². The highest BCUT2D eigenvalue weighted by molar-refractivity contribution is 5.97. The molecule has 0 radical (unpaired) electrons. The average molecular weight is 288 g/mol. The number of hydrogen-bond donors (Lipinski definition) is 2. The van der Waals surface area contributed by atoms with Gasteiger partial charge in [0.1, 0.15) is 6.04 Å². The molecule has 0 saturated carbocycles. The molecule has 0 fully saturated rings. The maximum Gasteiger partial charge on any atom is 0.251 e. The Balaban J connectivity index is 2.78. The Hall–Kier alpha value is -2.10. The average Bonchev–Trinajstić information content (AvgIpc) is 2.42. The van der Waals surface area contributed by atoms with E-state index in [0.717, 1.165) is 5.56 Å². The van der Waals surface area contributed by atoms with Gasteiger partial charge in [-0.15, -0.1) is 6.58 Å². The van der Waals surface area contributed by atoms with Crippen molar-refractivity contribution in [1.29, 1.82) is 0 Å². The Labute approximate surface area is 126 Å². The molecule has 3 N–H and O–H groups in total. The lowest BCUT2D eigenvalue weighted by atomic mass is 9.86. The van der Waals surface area contributed by atoms with Crippen molar-refractivity contribution in [1.82, 2.24) is 5.32 Å². The van der Waals surface area contributed by atoms with Gasteiger partial charge in [-0.1, -0.05) is 39.0 Å². The van der Waals surface area contributed by atoms with Crippen LogP contribution in [-0.4, -0.2) is 17.9 Å². The number of nitrogens with two attached hydrogens (primary N) is 1. The fraction of sp³-hybridized carbons (Fsp3) is 0.412. The van der Waals surface area contributed by atoms with Crippen molar-refractivity contribution in [3.8, 4) is 0 Å². The summed E-state index contributed by atoms with van der Waals surface area (Å²) >= 11 is 0. The van der Waals surface area contributed by atoms with Crippen LogP contribution in [0, 0.1) is 0 Å². The first-order valence-electron chi connectivity index (χ1n) is 7.07. The topological polar surface area (TPSA) is 72.2 Å². The van der Waals surface area contributed by atoms with E-state index in [-0.39, 0.29) is 11.3 Å². The lowest BCUT2D eigenvalue weighted by Crippen LogP contribution is -2.44. The maximum absolute atomic E-state index is 12.1. The molecule has 1 atom stereocenters. The summed E-state index contributed by atoms with van der Waals surface area (Å²) in [5.74, 6) is -0.820. The molecule has 114 valence electrons. The molecule has 0 spiro atoms. The van der Waals surface area contributed by atoms with Crippen LogP contribution in [0.3, 0.4) is 0 Å². The molecule has 0 unspecified atom stereocenters. The molecule has 21 heavy (non-hydrogen) atoms. The molecule has 2 amide bonds. The molecule has 4 heteroatoms. The Morgan fingerprint density at radius 1 is 1.29 bits per heavy atom. The number of primary amides is 1. The van der Waals surface area contributed by atoms with Crippen LogP contribution in [-0.2, 0) is 10.2 Å². The Bertz CT molecular complexity index is 513. The van der Waals surface area contributed by atoms with Gasteiger partial charge in [0.2, 0.25) is 5.91 Å². The van der Waals surface area contributed by atoms with Gasteiger partial charge >= 0.3 is 0 Å². The quantitative estimate of drug-likeness (QED) is 0.790. The maximum atomic E-state index is 12.1. The number of hydrogen-bond acceptors (Lipinski definition) is 2. The standard InChI is InChI=1S/C17H24N2O2/c1-5-6-7-14(15(18)20)19-16(21)12-8-10-13(11-9-12)17(2,3)4/h5,8-11,14H,1,6-7H2,2-4H3,(H2,18,20)(H,19,21)/t14-/m0/s1. The van der Waals surface area contributed by atoms with Crippen LogP contribution in [0.2, 0.25) is 0 Å². The van der Waals surface area contributed by atoms with Gasteiger partial charge in [-0.2, -0.15) is 0 Å². The summed E-state index contributed by atoms with van der Waals surface area (Å²) in [6, 6.07) is 6.72. The van der Waals surface area contributed by atoms with E-state index in [4.69, 9.17) is 5.73 Å². The molecule has 1 aromatic carbocycles. The summed E-state index contributed by atoms with van der Waals surface area (Å²) in [7, 11) is 0. The SMILES string of the molecule is C=CCC[C@H](NC(=O)c1ccc(C(C)(C)C)cc1)C(N)=O. The fourth-order valence-corrected chi connectivity index (χ4v) is 1.93. The van der Waals surface area contributed by atoms with E-state index in [1.165, 1.54) is 0 Å². The lowest BCUT2D eigenvalue weighted by molar-refractivity contribution is -0.119. The summed E-state index contributed by atoms with van der Waals surface area (Å²) < 4.78 is 0. The number of rotatable bonds is 6. The van der Waals surface area contributed by atoms with Crippen molar-refractivity contribution < 1.29 is 9.59 Å². The zero-order chi connectivity index (χ0) is 16.0. The van der Waals surface area contributed by atoms with E-state index in [1.54, 1.807) is 18.2 Å². The second-order valence-corrected chi connectivity index (χ2v) is 6.12. The molecule has 0 heterocycles. The van der Waals surface area contributed by atoms with Crippen LogP contribution in [0.5, 0.6) is 0 Å². The molecular formula is C17H24N2O2. The van der Waals surface area contributed by atoms with Crippen LogP contribution < -0.4 is 11.1 Å². The zero-order valence-corrected chi connectivity index (χ0v) is 13.0. The van der Waals surface area contributed by atoms with Gasteiger partial charge in [-0.05, 0) is 36.0 Å². The smallest absolute Gasteiger partial charge is 0.251 e. The monoisotopic (exact) mass is 288 g/mol. The second-order valence-electron chi connectivity index (χ2n) is 6.12. The van der Waals surface area contributed by atoms with E-state index in [9.17, 15) is 9.59 Å². The largest absolute Gasteiger partial charge is 0.368 e. The summed E-state index contributed by atoms with van der Waals surface area (Å²) in [5.41, 5.74) is 7.00. The first kappa shape index (κ1) is 17.0. The van der Waals surface area contributed by atoms with Crippen molar-refractivity contribution in [2.45, 2.75) is 45.1 Å². The molecule has 0 aliphatic carbocycles. The first-order valence-corrected chi connectivity index (χ1v) is 7.07. The van der Waals surface area contributed by atoms with Gasteiger partial charge < -0.3 is 11.1 Å². The van der Waals surface area contributed by atoms with Crippen LogP contribution in [0.4, 0.5) is 0 Å². The third kappa shape index (κ3) is 5.06. The van der Waals surface area contributed by atoms with E-state index >= 15 is 0 Å². The van der Waals surface area contributed by atoms with E-state index < -0.39 is 11.9 Å². The highest BCUT2D eigenvalue weighted by Crippen LogP contribution is 2.22. The summed E-state index contributed by atoms with van der Waals surface area (Å²) in [5, 5.41) is 2.66. The van der Waals surface area contributed by atoms with Crippen molar-refractivity contribution in [3.63, 3.8) is 0 Å². The minimum atomic E-state index is -0.669. The lowest BCUT2D eigenvalue weighted by Gasteiger charge is -2.19. The Kier molecular flexibility index (Phi) is 5.70. The van der Waals surface area contributed by atoms with Crippen molar-refractivity contribution >= 4 is 11.8 Å². The summed E-state index contributed by atoms with van der Waals surface area (Å²) in [4.78, 5) is 23.5. The van der Waals surface area contributed by atoms with E-state index in [0.29, 0.717) is 18.4 Å². The number of benzene rings is 1. The van der Waals surface area contributed by atoms with Crippen LogP contribution in [0.15, 0.2) is 36.9 Å². The normalized spacial score (nSPS) is 12.5. The molecule has 1 rings (SSSR count). The highest BCUT2D eigenvalue weighted by Gasteiger charge is 2.19. The summed E-state index contributed by atoms with van der Waals surface area (Å²) in [6.45, 7) is 9.93. The minimum absolute atomic E-state index is 0.0364. The molecule has 0 saturated heterocycles. The minimum Gasteiger partial charge on any atom is -0.368 e. The van der Waals surface area contributed by atoms with Crippen LogP contribution >= 0.6 is 0 Å². The third-order valence-electron chi connectivity index (χ3n) is 3.32. The fourth-order valence-electron chi connectivity index (χ4n) is 1.93. The third-order valence-corrected chi connectivity index (χ3v) is 3.32. The predicted molar refractivity (Wildman–Crippen MR) is 85.0 cm³/mol. The van der Waals surface area contributed by atoms with Gasteiger partial charge in [0.25, 0.3) is 5.91 Å². The van der Waals surface area contributed by atoms with Gasteiger partial charge in [0.15, 0.2) is 0 Å². The molecule has 0 aliphatic rings. The molecular weight excluding hydrogens is 264 g/mol. The number of carbonyl (C=O) groups is 2. The van der Waals surface area contributed by atoms with Gasteiger partial charge in [0, 0.05) is 5.56 Å². The molecule has 0 bridgehead atoms. The van der Waals surface area contributed by atoms with E-state index in [1.807, 2.05) is 12.1 Å². The predicted octanol–water partition coefficient (Wildman–Crippen LogP) is 2.53. The van der Waals surface area contributed by atoms with E-state index in [2.05, 4.69) is 32.7 Å². The summed E-state index contributed by atoms with van der Waals surface area (Å²) in [6.07, 6.45) is 2.78. The molecule has 0 aromatic heterocycles. The first-order chi connectivity index (χ1) is 9.75. The number of amides is 2. The van der Waals surface area contributed by atoms with Crippen molar-refractivity contribution in [2.24, 2.45) is 5.73 Å². The van der Waals surface area contributed by atoms with Crippen LogP contribution in [0.25, 0.3) is 0 Å². The zero-order valence-electron chi connectivity index (χ0n) is 13.0. The Morgan fingerprint density at radius 3 is 2.29 bits per heavy atom. The number of allylic oxidation sites excluding steroid dienone is 1. The second kappa shape index (κ2) is 7.07. The molecule has 4 nitrogen and oxygen atoms in total. The molecule has 1 aromatic rings. The Morgan fingerprint density at radius 2 is 1.86 bits per heavy atom.